The van der Waals surface area contributed by atoms with Crippen molar-refractivity contribution in [1.29, 1.82) is 0 Å². The van der Waals surface area contributed by atoms with E-state index in [-0.39, 0.29) is 30.5 Å². The van der Waals surface area contributed by atoms with E-state index in [9.17, 15) is 23.9 Å². The number of allylic oxidation sites excluding steroid dienone is 4. The first kappa shape index (κ1) is 27.2. The molecule has 7 nitrogen and oxygen atoms in total. The smallest absolute Gasteiger partial charge is 0.357 e. The number of nitrogens with zero attached hydrogens (tertiary/aromatic N) is 2. The molecule has 0 aliphatic heterocycles. The lowest BCUT2D eigenvalue weighted by Crippen LogP contribution is -2.70. The van der Waals surface area contributed by atoms with E-state index < -0.39 is 75.0 Å². The molecule has 5 rings (SSSR count). The van der Waals surface area contributed by atoms with Gasteiger partial charge in [-0.15, -0.1) is 0 Å². The average molecular weight is 553 g/mol. The van der Waals surface area contributed by atoms with Crippen molar-refractivity contribution in [2.75, 3.05) is 6.01 Å². The summed E-state index contributed by atoms with van der Waals surface area (Å²) in [6.45, 7) is 4.83. The minimum atomic E-state index is -2.35. The second kappa shape index (κ2) is 8.81. The van der Waals surface area contributed by atoms with Crippen LogP contribution in [0.15, 0.2) is 36.3 Å². The maximum atomic E-state index is 17.4. The largest absolute Gasteiger partial charge is 0.444 e. The second-order valence-electron chi connectivity index (χ2n) is 11.6. The summed E-state index contributed by atoms with van der Waals surface area (Å²) in [6.07, 6.45) is 2.60. The normalized spacial score (nSPS) is 43.6. The molecule has 0 aromatic carbocycles. The fraction of sp³-hybridized carbons (Fsp3) is 0.630. The van der Waals surface area contributed by atoms with Crippen LogP contribution in [0.25, 0.3) is 0 Å². The topological polar surface area (TPSA) is 98.5 Å². The van der Waals surface area contributed by atoms with Crippen LogP contribution in [0.2, 0.25) is 0 Å². The first-order valence-electron chi connectivity index (χ1n) is 12.7. The minimum absolute atomic E-state index is 0.00425. The van der Waals surface area contributed by atoms with Crippen molar-refractivity contribution in [2.24, 2.45) is 35.6 Å². The van der Waals surface area contributed by atoms with Gasteiger partial charge in [0.05, 0.1) is 18.6 Å². The summed E-state index contributed by atoms with van der Waals surface area (Å²) in [6, 6.07) is -1.06. The predicted octanol–water partition coefficient (Wildman–Crippen LogP) is 4.07. The summed E-state index contributed by atoms with van der Waals surface area (Å²) in [5.74, 6) is -3.72. The van der Waals surface area contributed by atoms with Gasteiger partial charge in [0.1, 0.15) is 17.9 Å². The number of halogens is 3. The number of carbonyl (C=O) groups excluding carboxylic acids is 3. The summed E-state index contributed by atoms with van der Waals surface area (Å²) in [7, 11) is 1.58. The van der Waals surface area contributed by atoms with Gasteiger partial charge in [-0.1, -0.05) is 19.9 Å². The standard InChI is InChI=1S/C27H31F3N2O5S/c1-14-7-16-17-9-19(29)18-8-15(33)5-6-24(18,2)26(17,30)21(34)10-25(16,3)27(14,23(36)38-12-28)37-22(35)20-11-31-13-32(20)4/h5-6,8,11,13-14,16-17,19,21,34H,7,9-10,12H2,1-4H3/t14?,16-,17-,19?,21?,24-,25-,26?,27?/m0/s1. The van der Waals surface area contributed by atoms with E-state index in [1.54, 1.807) is 20.9 Å². The van der Waals surface area contributed by atoms with Gasteiger partial charge < -0.3 is 14.4 Å². The van der Waals surface area contributed by atoms with Crippen molar-refractivity contribution in [3.05, 3.63) is 42.0 Å². The van der Waals surface area contributed by atoms with Crippen molar-refractivity contribution in [1.82, 2.24) is 9.55 Å². The minimum Gasteiger partial charge on any atom is -0.444 e. The quantitative estimate of drug-likeness (QED) is 0.563. The number of aromatic nitrogens is 2. The molecule has 1 N–H and O–H groups in total. The maximum Gasteiger partial charge on any atom is 0.357 e. The fourth-order valence-electron chi connectivity index (χ4n) is 8.13. The van der Waals surface area contributed by atoms with Gasteiger partial charge >= 0.3 is 5.97 Å². The molecule has 0 saturated heterocycles. The number of thioether (sulfide) groups is 1. The van der Waals surface area contributed by atoms with Gasteiger partial charge in [0.25, 0.3) is 0 Å². The zero-order valence-corrected chi connectivity index (χ0v) is 22.4. The zero-order chi connectivity index (χ0) is 27.8. The molecule has 0 spiro atoms. The van der Waals surface area contributed by atoms with E-state index in [1.807, 2.05) is 0 Å². The third kappa shape index (κ3) is 3.26. The molecule has 38 heavy (non-hydrogen) atoms. The number of fused-ring (bicyclic) bond motifs is 5. The molecule has 0 bridgehead atoms. The number of aliphatic hydroxyl groups excluding tert-OH is 1. The summed E-state index contributed by atoms with van der Waals surface area (Å²) in [5, 5.41) is 10.8. The molecule has 4 aliphatic rings. The number of aryl methyl sites for hydroxylation is 1. The first-order chi connectivity index (χ1) is 17.8. The van der Waals surface area contributed by atoms with E-state index in [1.165, 1.54) is 36.2 Å². The van der Waals surface area contributed by atoms with Crippen LogP contribution >= 0.6 is 11.8 Å². The highest BCUT2D eigenvalue weighted by Gasteiger charge is 2.78. The number of ether oxygens (including phenoxy) is 1. The van der Waals surface area contributed by atoms with E-state index in [2.05, 4.69) is 4.98 Å². The highest BCUT2D eigenvalue weighted by atomic mass is 32.2. The van der Waals surface area contributed by atoms with Crippen LogP contribution in [0, 0.1) is 28.6 Å². The van der Waals surface area contributed by atoms with E-state index in [4.69, 9.17) is 4.74 Å². The van der Waals surface area contributed by atoms with Gasteiger partial charge in [-0.25, -0.2) is 22.9 Å². The summed E-state index contributed by atoms with van der Waals surface area (Å²) in [4.78, 5) is 43.0. The number of aliphatic hydroxyl groups is 1. The van der Waals surface area contributed by atoms with Crippen molar-refractivity contribution in [3.63, 3.8) is 0 Å². The number of ketones is 1. The third-order valence-electron chi connectivity index (χ3n) is 9.94. The van der Waals surface area contributed by atoms with Gasteiger partial charge in [0.15, 0.2) is 17.1 Å². The lowest BCUT2D eigenvalue weighted by molar-refractivity contribution is -0.221. The highest BCUT2D eigenvalue weighted by Crippen LogP contribution is 2.72. The molecule has 9 atom stereocenters. The molecule has 0 amide bonds. The van der Waals surface area contributed by atoms with Crippen LogP contribution < -0.4 is 0 Å². The Morgan fingerprint density at radius 1 is 1.29 bits per heavy atom. The molecule has 0 radical (unpaired) electrons. The van der Waals surface area contributed by atoms with Gasteiger partial charge in [-0.3, -0.25) is 9.59 Å². The molecule has 3 saturated carbocycles. The fourth-order valence-corrected chi connectivity index (χ4v) is 8.92. The lowest BCUT2D eigenvalue weighted by atomic mass is 9.44. The van der Waals surface area contributed by atoms with Gasteiger partial charge in [0.2, 0.25) is 5.12 Å². The number of hydrogen-bond acceptors (Lipinski definition) is 7. The van der Waals surface area contributed by atoms with Crippen molar-refractivity contribution < 1.29 is 37.4 Å². The Bertz CT molecular complexity index is 1270. The maximum absolute atomic E-state index is 17.4. The molecule has 5 unspecified atom stereocenters. The Morgan fingerprint density at radius 3 is 2.63 bits per heavy atom. The number of alkyl halides is 3. The van der Waals surface area contributed by atoms with Crippen LogP contribution in [-0.4, -0.2) is 61.1 Å². The molecule has 3 fully saturated rings. The Balaban J connectivity index is 1.64. The Hall–Kier alpha value is -2.40. The van der Waals surface area contributed by atoms with Crippen molar-refractivity contribution in [3.8, 4) is 0 Å². The monoisotopic (exact) mass is 552 g/mol. The van der Waals surface area contributed by atoms with E-state index in [0.29, 0.717) is 11.8 Å². The molecular formula is C27H31F3N2O5S. The molecule has 206 valence electrons. The molecule has 1 heterocycles. The van der Waals surface area contributed by atoms with E-state index in [0.717, 1.165) is 6.08 Å². The van der Waals surface area contributed by atoms with Gasteiger partial charge in [-0.05, 0) is 61.6 Å². The Kier molecular flexibility index (Phi) is 6.30. The van der Waals surface area contributed by atoms with Crippen molar-refractivity contribution >= 4 is 28.6 Å². The number of rotatable bonds is 4. The number of hydrogen-bond donors (Lipinski definition) is 1. The molecule has 1 aromatic rings. The lowest BCUT2D eigenvalue weighted by Gasteiger charge is -2.63. The van der Waals surface area contributed by atoms with Crippen LogP contribution in [-0.2, 0) is 21.4 Å². The number of carbonyl (C=O) groups is 3. The molecule has 1 aromatic heterocycles. The third-order valence-corrected chi connectivity index (χ3v) is 10.6. The zero-order valence-electron chi connectivity index (χ0n) is 21.6. The van der Waals surface area contributed by atoms with Crippen LogP contribution in [0.1, 0.15) is 50.5 Å². The molecule has 4 aliphatic carbocycles. The van der Waals surface area contributed by atoms with Crippen LogP contribution in [0.4, 0.5) is 13.2 Å². The van der Waals surface area contributed by atoms with Crippen LogP contribution in [0.3, 0.4) is 0 Å². The summed E-state index contributed by atoms with van der Waals surface area (Å²) >= 11 is 0.364. The van der Waals surface area contributed by atoms with Crippen molar-refractivity contribution in [2.45, 2.75) is 63.6 Å². The first-order valence-corrected chi connectivity index (χ1v) is 13.7. The second-order valence-corrected chi connectivity index (χ2v) is 12.4. The Labute approximate surface area is 222 Å². The Morgan fingerprint density at radius 2 is 2.00 bits per heavy atom. The number of esters is 1. The summed E-state index contributed by atoms with van der Waals surface area (Å²) < 4.78 is 54.1. The van der Waals surface area contributed by atoms with Gasteiger partial charge in [-0.2, -0.15) is 0 Å². The average Bonchev–Trinajstić information content (AvgIpc) is 3.37. The SMILES string of the molecule is CC1C[C@H]2[C@@H]3CC(F)C4=CC(=O)C=C[C@]4(C)C3(F)C(O)C[C@]2(C)C1(OC(=O)c1cncn1C)C(=O)SCF. The summed E-state index contributed by atoms with van der Waals surface area (Å²) in [5.41, 5.74) is -7.10. The van der Waals surface area contributed by atoms with E-state index >= 15 is 8.78 Å². The molecule has 11 heteroatoms. The predicted molar refractivity (Wildman–Crippen MR) is 133 cm³/mol. The highest BCUT2D eigenvalue weighted by molar-refractivity contribution is 8.13. The molecular weight excluding hydrogens is 521 g/mol. The number of imidazole rings is 1. The van der Waals surface area contributed by atoms with Crippen LogP contribution in [0.5, 0.6) is 0 Å². The van der Waals surface area contributed by atoms with Gasteiger partial charge in [0, 0.05) is 29.7 Å².